The molecule has 4 heteroatoms. The zero-order chi connectivity index (χ0) is 13.4. The molecular formula is C14H22N2O2. The third kappa shape index (κ3) is 4.73. The number of nitrogens with one attached hydrogen (secondary N) is 1. The molecule has 1 N–H and O–H groups in total. The van der Waals surface area contributed by atoms with E-state index in [2.05, 4.69) is 12.2 Å². The number of nitro benzene ring substituents is 1. The second kappa shape index (κ2) is 7.69. The Morgan fingerprint density at radius 3 is 2.56 bits per heavy atom. The molecule has 0 fully saturated rings. The predicted octanol–water partition coefficient (Wildman–Crippen LogP) is 4.29. The summed E-state index contributed by atoms with van der Waals surface area (Å²) in [4.78, 5) is 10.3. The largest absolute Gasteiger partial charge is 0.385 e. The molecule has 0 unspecified atom stereocenters. The summed E-state index contributed by atoms with van der Waals surface area (Å²) >= 11 is 0. The van der Waals surface area contributed by atoms with Crippen molar-refractivity contribution >= 4 is 11.4 Å². The fourth-order valence-electron chi connectivity index (χ4n) is 1.93. The van der Waals surface area contributed by atoms with Crippen molar-refractivity contribution in [1.82, 2.24) is 0 Å². The Bertz CT molecular complexity index is 391. The maximum atomic E-state index is 10.7. The van der Waals surface area contributed by atoms with E-state index >= 15 is 0 Å². The van der Waals surface area contributed by atoms with Gasteiger partial charge in [-0.15, -0.1) is 0 Å². The van der Waals surface area contributed by atoms with Gasteiger partial charge in [0.25, 0.3) is 5.69 Å². The molecule has 0 radical (unpaired) electrons. The Balaban J connectivity index is 2.35. The van der Waals surface area contributed by atoms with Crippen molar-refractivity contribution < 1.29 is 4.92 Å². The smallest absolute Gasteiger partial charge is 0.272 e. The molecule has 0 heterocycles. The summed E-state index contributed by atoms with van der Waals surface area (Å²) < 4.78 is 0. The molecule has 1 aromatic rings. The van der Waals surface area contributed by atoms with E-state index in [0.717, 1.165) is 18.7 Å². The van der Waals surface area contributed by atoms with Gasteiger partial charge < -0.3 is 5.32 Å². The van der Waals surface area contributed by atoms with Crippen LogP contribution in [0, 0.1) is 17.0 Å². The Morgan fingerprint density at radius 1 is 1.22 bits per heavy atom. The monoisotopic (exact) mass is 250 g/mol. The zero-order valence-corrected chi connectivity index (χ0v) is 11.2. The second-order valence-corrected chi connectivity index (χ2v) is 4.60. The van der Waals surface area contributed by atoms with Crippen LogP contribution in [0.3, 0.4) is 0 Å². The van der Waals surface area contributed by atoms with Crippen LogP contribution in [0.15, 0.2) is 18.2 Å². The SMILES string of the molecule is CCCCCCCNc1ccc([N+](=O)[O-])c(C)c1. The number of nitrogens with zero attached hydrogens (tertiary/aromatic N) is 1. The molecule has 4 nitrogen and oxygen atoms in total. The summed E-state index contributed by atoms with van der Waals surface area (Å²) in [6.07, 6.45) is 6.24. The number of unbranched alkanes of at least 4 members (excludes halogenated alkanes) is 4. The first-order chi connectivity index (χ1) is 8.65. The quantitative estimate of drug-likeness (QED) is 0.425. The minimum absolute atomic E-state index is 0.184. The fourth-order valence-corrected chi connectivity index (χ4v) is 1.93. The molecule has 0 aromatic heterocycles. The van der Waals surface area contributed by atoms with E-state index < -0.39 is 0 Å². The molecule has 100 valence electrons. The Kier molecular flexibility index (Phi) is 6.19. The van der Waals surface area contributed by atoms with Crippen LogP contribution < -0.4 is 5.32 Å². The van der Waals surface area contributed by atoms with E-state index in [1.54, 1.807) is 19.1 Å². The molecule has 0 bridgehead atoms. The normalized spacial score (nSPS) is 10.3. The highest BCUT2D eigenvalue weighted by molar-refractivity contribution is 5.53. The van der Waals surface area contributed by atoms with Gasteiger partial charge >= 0.3 is 0 Å². The van der Waals surface area contributed by atoms with Crippen molar-refractivity contribution in [3.05, 3.63) is 33.9 Å². The highest BCUT2D eigenvalue weighted by Crippen LogP contribution is 2.21. The topological polar surface area (TPSA) is 55.2 Å². The van der Waals surface area contributed by atoms with E-state index in [-0.39, 0.29) is 10.6 Å². The van der Waals surface area contributed by atoms with Crippen LogP contribution in [0.2, 0.25) is 0 Å². The number of nitro groups is 1. The number of aryl methyl sites for hydroxylation is 1. The van der Waals surface area contributed by atoms with Gasteiger partial charge in [-0.3, -0.25) is 10.1 Å². The van der Waals surface area contributed by atoms with E-state index in [4.69, 9.17) is 0 Å². The Hall–Kier alpha value is -1.58. The molecule has 1 rings (SSSR count). The molecule has 18 heavy (non-hydrogen) atoms. The maximum Gasteiger partial charge on any atom is 0.272 e. The minimum atomic E-state index is -0.343. The first kappa shape index (κ1) is 14.5. The van der Waals surface area contributed by atoms with Gasteiger partial charge in [0, 0.05) is 23.9 Å². The van der Waals surface area contributed by atoms with Gasteiger partial charge in [-0.1, -0.05) is 32.6 Å². The van der Waals surface area contributed by atoms with Gasteiger partial charge in [0.15, 0.2) is 0 Å². The molecule has 0 saturated carbocycles. The van der Waals surface area contributed by atoms with Gasteiger partial charge in [-0.05, 0) is 25.5 Å². The Morgan fingerprint density at radius 2 is 1.94 bits per heavy atom. The van der Waals surface area contributed by atoms with Crippen LogP contribution in [-0.4, -0.2) is 11.5 Å². The first-order valence-electron chi connectivity index (χ1n) is 6.64. The summed E-state index contributed by atoms with van der Waals surface area (Å²) in [6, 6.07) is 5.18. The van der Waals surface area contributed by atoms with Crippen LogP contribution in [-0.2, 0) is 0 Å². The van der Waals surface area contributed by atoms with Crippen molar-refractivity contribution in [3.63, 3.8) is 0 Å². The van der Waals surface area contributed by atoms with Crippen molar-refractivity contribution in [2.24, 2.45) is 0 Å². The lowest BCUT2D eigenvalue weighted by molar-refractivity contribution is -0.385. The number of hydrogen-bond acceptors (Lipinski definition) is 3. The number of rotatable bonds is 8. The first-order valence-corrected chi connectivity index (χ1v) is 6.64. The summed E-state index contributed by atoms with van der Waals surface area (Å²) in [5.41, 5.74) is 1.85. The van der Waals surface area contributed by atoms with E-state index in [0.29, 0.717) is 5.56 Å². The minimum Gasteiger partial charge on any atom is -0.385 e. The standard InChI is InChI=1S/C14H22N2O2/c1-3-4-5-6-7-10-15-13-8-9-14(16(17)18)12(2)11-13/h8-9,11,15H,3-7,10H2,1-2H3. The van der Waals surface area contributed by atoms with Gasteiger partial charge in [-0.25, -0.2) is 0 Å². The van der Waals surface area contributed by atoms with Crippen molar-refractivity contribution in [3.8, 4) is 0 Å². The maximum absolute atomic E-state index is 10.7. The fraction of sp³-hybridized carbons (Fsp3) is 0.571. The van der Waals surface area contributed by atoms with Crippen LogP contribution in [0.4, 0.5) is 11.4 Å². The molecular weight excluding hydrogens is 228 g/mol. The summed E-state index contributed by atoms with van der Waals surface area (Å²) in [7, 11) is 0. The third-order valence-electron chi connectivity index (χ3n) is 3.00. The van der Waals surface area contributed by atoms with Crippen LogP contribution >= 0.6 is 0 Å². The second-order valence-electron chi connectivity index (χ2n) is 4.60. The van der Waals surface area contributed by atoms with Crippen LogP contribution in [0.25, 0.3) is 0 Å². The zero-order valence-electron chi connectivity index (χ0n) is 11.2. The number of hydrogen-bond donors (Lipinski definition) is 1. The molecule has 0 amide bonds. The van der Waals surface area contributed by atoms with Crippen LogP contribution in [0.5, 0.6) is 0 Å². The average molecular weight is 250 g/mol. The van der Waals surface area contributed by atoms with Crippen molar-refractivity contribution in [1.29, 1.82) is 0 Å². The van der Waals surface area contributed by atoms with E-state index in [1.165, 1.54) is 25.7 Å². The van der Waals surface area contributed by atoms with E-state index in [1.807, 2.05) is 6.07 Å². The summed E-state index contributed by atoms with van der Waals surface area (Å²) in [5, 5.41) is 14.0. The molecule has 1 aromatic carbocycles. The third-order valence-corrected chi connectivity index (χ3v) is 3.00. The van der Waals surface area contributed by atoms with E-state index in [9.17, 15) is 10.1 Å². The lowest BCUT2D eigenvalue weighted by Crippen LogP contribution is -2.02. The lowest BCUT2D eigenvalue weighted by atomic mass is 10.1. The number of benzene rings is 1. The number of anilines is 1. The highest BCUT2D eigenvalue weighted by atomic mass is 16.6. The molecule has 0 aliphatic heterocycles. The summed E-state index contributed by atoms with van der Waals surface area (Å²) in [6.45, 7) is 4.91. The van der Waals surface area contributed by atoms with Crippen molar-refractivity contribution in [2.75, 3.05) is 11.9 Å². The van der Waals surface area contributed by atoms with Crippen molar-refractivity contribution in [2.45, 2.75) is 46.0 Å². The molecule has 0 saturated heterocycles. The average Bonchev–Trinajstić information content (AvgIpc) is 2.33. The Labute approximate surface area is 109 Å². The van der Waals surface area contributed by atoms with Gasteiger partial charge in [0.05, 0.1) is 4.92 Å². The molecule has 0 spiro atoms. The summed E-state index contributed by atoms with van der Waals surface area (Å²) in [5.74, 6) is 0. The van der Waals surface area contributed by atoms with Gasteiger partial charge in [-0.2, -0.15) is 0 Å². The lowest BCUT2D eigenvalue weighted by Gasteiger charge is -2.07. The van der Waals surface area contributed by atoms with Gasteiger partial charge in [0.2, 0.25) is 0 Å². The molecule has 0 aliphatic rings. The molecule has 0 aliphatic carbocycles. The van der Waals surface area contributed by atoms with Gasteiger partial charge in [0.1, 0.15) is 0 Å². The van der Waals surface area contributed by atoms with Crippen LogP contribution in [0.1, 0.15) is 44.6 Å². The molecule has 0 atom stereocenters. The highest BCUT2D eigenvalue weighted by Gasteiger charge is 2.09. The predicted molar refractivity (Wildman–Crippen MR) is 75.1 cm³/mol.